The van der Waals surface area contributed by atoms with Gasteiger partial charge >= 0.3 is 0 Å². The second-order valence-electron chi connectivity index (χ2n) is 7.39. The molecular formula is C19H39N5O3S. The van der Waals surface area contributed by atoms with E-state index in [0.29, 0.717) is 25.0 Å². The molecule has 0 aromatic rings. The van der Waals surface area contributed by atoms with Crippen LogP contribution in [0.4, 0.5) is 0 Å². The van der Waals surface area contributed by atoms with Crippen LogP contribution in [-0.4, -0.2) is 81.5 Å². The van der Waals surface area contributed by atoms with Gasteiger partial charge in [0.05, 0.1) is 18.1 Å². The molecule has 2 unspecified atom stereocenters. The molecule has 3 N–H and O–H groups in total. The smallest absolute Gasteiger partial charge is 0.222 e. The number of rotatable bonds is 12. The number of nitrogens with zero attached hydrogens (tertiary/aromatic N) is 2. The van der Waals surface area contributed by atoms with E-state index in [0.717, 1.165) is 39.0 Å². The van der Waals surface area contributed by atoms with Crippen molar-refractivity contribution in [1.29, 1.82) is 0 Å². The summed E-state index contributed by atoms with van der Waals surface area (Å²) in [5.41, 5.74) is 0. The number of hydrogen-bond donors (Lipinski definition) is 3. The fraction of sp³-hybridized carbons (Fsp3) is 0.895. The molecule has 9 heteroatoms. The number of aliphatic imine (C=N–C) groups is 1. The second-order valence-corrected chi connectivity index (χ2v) is 9.62. The van der Waals surface area contributed by atoms with Crippen molar-refractivity contribution in [2.75, 3.05) is 44.2 Å². The Balaban J connectivity index is 2.34. The number of nitrogens with one attached hydrogen (secondary N) is 3. The maximum Gasteiger partial charge on any atom is 0.222 e. The van der Waals surface area contributed by atoms with Crippen LogP contribution >= 0.6 is 0 Å². The van der Waals surface area contributed by atoms with Crippen molar-refractivity contribution in [3.8, 4) is 0 Å². The molecule has 0 bridgehead atoms. The molecule has 1 heterocycles. The molecule has 164 valence electrons. The fourth-order valence-electron chi connectivity index (χ4n) is 3.26. The number of hydrogen-bond acceptors (Lipinski definition) is 5. The molecule has 0 spiro atoms. The summed E-state index contributed by atoms with van der Waals surface area (Å²) in [6.07, 6.45) is 2.94. The van der Waals surface area contributed by atoms with Gasteiger partial charge < -0.3 is 20.9 Å². The zero-order valence-corrected chi connectivity index (χ0v) is 18.8. The van der Waals surface area contributed by atoms with Gasteiger partial charge in [-0.3, -0.25) is 9.79 Å². The van der Waals surface area contributed by atoms with Crippen LogP contribution in [0.3, 0.4) is 0 Å². The zero-order valence-electron chi connectivity index (χ0n) is 18.0. The summed E-state index contributed by atoms with van der Waals surface area (Å²) in [6.45, 7) is 12.9. The van der Waals surface area contributed by atoms with Gasteiger partial charge in [-0.05, 0) is 52.7 Å². The normalized spacial score (nSPS) is 20.2. The summed E-state index contributed by atoms with van der Waals surface area (Å²) in [6, 6.07) is 0.0459. The first-order chi connectivity index (χ1) is 13.3. The van der Waals surface area contributed by atoms with E-state index in [1.807, 2.05) is 6.92 Å². The van der Waals surface area contributed by atoms with Crippen LogP contribution in [0.1, 0.15) is 53.4 Å². The van der Waals surface area contributed by atoms with Crippen LogP contribution in [0.2, 0.25) is 0 Å². The first-order valence-electron chi connectivity index (χ1n) is 10.6. The molecule has 8 nitrogen and oxygen atoms in total. The molecule has 28 heavy (non-hydrogen) atoms. The number of amides is 1. The van der Waals surface area contributed by atoms with Crippen molar-refractivity contribution in [2.24, 2.45) is 4.99 Å². The standard InChI is InChI=1S/C19H39N5O3S/c1-5-20-19(22-16(4)9-8-13-24(6-2)7-3)21-12-10-18(25)23-17-11-14-28(26,27)15-17/h16-17H,5-15H2,1-4H3,(H,23,25)(H2,20,21,22). The Bertz CT molecular complexity index is 590. The summed E-state index contributed by atoms with van der Waals surface area (Å²) in [5, 5.41) is 9.40. The van der Waals surface area contributed by atoms with Gasteiger partial charge in [-0.15, -0.1) is 0 Å². The van der Waals surface area contributed by atoms with Gasteiger partial charge in [-0.2, -0.15) is 0 Å². The summed E-state index contributed by atoms with van der Waals surface area (Å²) in [7, 11) is -2.98. The van der Waals surface area contributed by atoms with Gasteiger partial charge in [0, 0.05) is 25.0 Å². The van der Waals surface area contributed by atoms with Crippen LogP contribution in [0.5, 0.6) is 0 Å². The van der Waals surface area contributed by atoms with E-state index < -0.39 is 9.84 Å². The average Bonchev–Trinajstić information content (AvgIpc) is 2.97. The van der Waals surface area contributed by atoms with Crippen molar-refractivity contribution in [3.05, 3.63) is 0 Å². The molecule has 1 amide bonds. The first kappa shape index (κ1) is 24.7. The third-order valence-corrected chi connectivity index (χ3v) is 6.71. The van der Waals surface area contributed by atoms with E-state index >= 15 is 0 Å². The summed E-state index contributed by atoms with van der Waals surface area (Å²) in [5.74, 6) is 0.788. The second kappa shape index (κ2) is 13.0. The maximum absolute atomic E-state index is 12.0. The predicted octanol–water partition coefficient (Wildman–Crippen LogP) is 0.745. The molecule has 0 saturated carbocycles. The van der Waals surface area contributed by atoms with E-state index in [9.17, 15) is 13.2 Å². The molecule has 2 atom stereocenters. The summed E-state index contributed by atoms with van der Waals surface area (Å²) in [4.78, 5) is 18.9. The minimum Gasteiger partial charge on any atom is -0.357 e. The Morgan fingerprint density at radius 2 is 1.96 bits per heavy atom. The van der Waals surface area contributed by atoms with Gasteiger partial charge in [0.1, 0.15) is 0 Å². The topological polar surface area (TPSA) is 103 Å². The lowest BCUT2D eigenvalue weighted by molar-refractivity contribution is -0.121. The van der Waals surface area contributed by atoms with Crippen molar-refractivity contribution < 1.29 is 13.2 Å². The van der Waals surface area contributed by atoms with Crippen molar-refractivity contribution >= 4 is 21.7 Å². The third kappa shape index (κ3) is 10.3. The van der Waals surface area contributed by atoms with Gasteiger partial charge in [0.25, 0.3) is 0 Å². The Hall–Kier alpha value is -1.35. The van der Waals surface area contributed by atoms with Gasteiger partial charge in [0.15, 0.2) is 15.8 Å². The van der Waals surface area contributed by atoms with E-state index in [1.54, 1.807) is 0 Å². The van der Waals surface area contributed by atoms with Crippen LogP contribution < -0.4 is 16.0 Å². The molecule has 1 fully saturated rings. The SMILES string of the molecule is CCNC(=NCCC(=O)NC1CCS(=O)(=O)C1)NC(C)CCCN(CC)CC. The number of carbonyl (C=O) groups is 1. The number of guanidine groups is 1. The van der Waals surface area contributed by atoms with Crippen molar-refractivity contribution in [1.82, 2.24) is 20.9 Å². The summed E-state index contributed by atoms with van der Waals surface area (Å²) < 4.78 is 22.9. The van der Waals surface area contributed by atoms with Crippen LogP contribution in [0.25, 0.3) is 0 Å². The lowest BCUT2D eigenvalue weighted by Crippen LogP contribution is -2.42. The average molecular weight is 418 g/mol. The molecule has 1 saturated heterocycles. The highest BCUT2D eigenvalue weighted by Crippen LogP contribution is 2.11. The molecule has 0 aromatic heterocycles. The molecule has 1 rings (SSSR count). The third-order valence-electron chi connectivity index (χ3n) is 4.94. The summed E-state index contributed by atoms with van der Waals surface area (Å²) >= 11 is 0. The van der Waals surface area contributed by atoms with E-state index in [2.05, 4.69) is 46.6 Å². The highest BCUT2D eigenvalue weighted by Gasteiger charge is 2.28. The van der Waals surface area contributed by atoms with Gasteiger partial charge in [0.2, 0.25) is 5.91 Å². The van der Waals surface area contributed by atoms with Crippen molar-refractivity contribution in [2.45, 2.75) is 65.5 Å². The fourth-order valence-corrected chi connectivity index (χ4v) is 4.94. The van der Waals surface area contributed by atoms with E-state index in [1.165, 1.54) is 0 Å². The maximum atomic E-state index is 12.0. The highest BCUT2D eigenvalue weighted by molar-refractivity contribution is 7.91. The largest absolute Gasteiger partial charge is 0.357 e. The molecule has 0 aliphatic carbocycles. The molecule has 0 radical (unpaired) electrons. The molecular weight excluding hydrogens is 378 g/mol. The monoisotopic (exact) mass is 417 g/mol. The molecule has 0 aromatic carbocycles. The Morgan fingerprint density at radius 3 is 2.54 bits per heavy atom. The van der Waals surface area contributed by atoms with Crippen LogP contribution in [-0.2, 0) is 14.6 Å². The lowest BCUT2D eigenvalue weighted by Gasteiger charge is -2.21. The van der Waals surface area contributed by atoms with Gasteiger partial charge in [-0.1, -0.05) is 13.8 Å². The molecule has 1 aliphatic heterocycles. The highest BCUT2D eigenvalue weighted by atomic mass is 32.2. The Morgan fingerprint density at radius 1 is 1.25 bits per heavy atom. The lowest BCUT2D eigenvalue weighted by atomic mass is 10.2. The predicted molar refractivity (Wildman–Crippen MR) is 115 cm³/mol. The Kier molecular flexibility index (Phi) is 11.4. The minimum atomic E-state index is -2.98. The number of sulfone groups is 1. The quantitative estimate of drug-likeness (QED) is 0.320. The first-order valence-corrected chi connectivity index (χ1v) is 12.4. The molecule has 1 aliphatic rings. The van der Waals surface area contributed by atoms with Gasteiger partial charge in [-0.25, -0.2) is 8.42 Å². The van der Waals surface area contributed by atoms with E-state index in [4.69, 9.17) is 0 Å². The van der Waals surface area contributed by atoms with Crippen LogP contribution in [0, 0.1) is 0 Å². The van der Waals surface area contributed by atoms with Crippen molar-refractivity contribution in [3.63, 3.8) is 0 Å². The number of carbonyl (C=O) groups excluding carboxylic acids is 1. The minimum absolute atomic E-state index is 0.0528. The van der Waals surface area contributed by atoms with Crippen LogP contribution in [0.15, 0.2) is 4.99 Å². The Labute approximate surface area is 170 Å². The zero-order chi connectivity index (χ0) is 21.0. The van der Waals surface area contributed by atoms with E-state index in [-0.39, 0.29) is 29.9 Å².